The number of ether oxygens (including phenoxy) is 1. The van der Waals surface area contributed by atoms with E-state index in [1.165, 1.54) is 25.7 Å². The summed E-state index contributed by atoms with van der Waals surface area (Å²) in [5.74, 6) is 1.95. The molecular weight excluding hydrogens is 178 g/mol. The number of fused-ring (bicyclic) bond motifs is 2. The van der Waals surface area contributed by atoms with E-state index in [9.17, 15) is 0 Å². The van der Waals surface area contributed by atoms with E-state index < -0.39 is 0 Å². The molecule has 0 unspecified atom stereocenters. The molecular formula is C11H21NO2. The molecule has 82 valence electrons. The molecule has 0 amide bonds. The molecule has 0 aliphatic heterocycles. The largest absolute Gasteiger partial charge is 0.394 e. The van der Waals surface area contributed by atoms with Crippen LogP contribution in [0.5, 0.6) is 0 Å². The van der Waals surface area contributed by atoms with Crippen molar-refractivity contribution >= 4 is 0 Å². The van der Waals surface area contributed by atoms with E-state index in [2.05, 4.69) is 5.32 Å². The van der Waals surface area contributed by atoms with Gasteiger partial charge in [0.25, 0.3) is 0 Å². The lowest BCUT2D eigenvalue weighted by atomic mass is 9.95. The Labute approximate surface area is 85.8 Å². The van der Waals surface area contributed by atoms with Gasteiger partial charge in [-0.15, -0.1) is 0 Å². The number of hydrogen-bond donors (Lipinski definition) is 2. The van der Waals surface area contributed by atoms with Crippen molar-refractivity contribution in [2.24, 2.45) is 11.8 Å². The Morgan fingerprint density at radius 2 is 2.14 bits per heavy atom. The SMILES string of the molecule is OCCOCCN[C@H]1C[C@@H]2CC[C@@H]1C2. The van der Waals surface area contributed by atoms with Crippen LogP contribution in [0.1, 0.15) is 25.7 Å². The molecule has 2 bridgehead atoms. The Hall–Kier alpha value is -0.120. The minimum atomic E-state index is 0.133. The van der Waals surface area contributed by atoms with Crippen molar-refractivity contribution in [3.63, 3.8) is 0 Å². The monoisotopic (exact) mass is 199 g/mol. The zero-order valence-electron chi connectivity index (χ0n) is 8.74. The highest BCUT2D eigenvalue weighted by atomic mass is 16.5. The first-order valence-electron chi connectivity index (χ1n) is 5.82. The van der Waals surface area contributed by atoms with Gasteiger partial charge >= 0.3 is 0 Å². The van der Waals surface area contributed by atoms with Gasteiger partial charge in [0.2, 0.25) is 0 Å². The zero-order valence-corrected chi connectivity index (χ0v) is 8.74. The molecule has 2 rings (SSSR count). The van der Waals surface area contributed by atoms with Crippen LogP contribution < -0.4 is 5.32 Å². The van der Waals surface area contributed by atoms with Crippen molar-refractivity contribution in [2.45, 2.75) is 31.7 Å². The maximum atomic E-state index is 8.52. The number of rotatable bonds is 6. The predicted octanol–water partition coefficient (Wildman–Crippen LogP) is 0.773. The summed E-state index contributed by atoms with van der Waals surface area (Å²) in [7, 11) is 0. The first kappa shape index (κ1) is 10.4. The first-order valence-corrected chi connectivity index (χ1v) is 5.82. The minimum absolute atomic E-state index is 0.133. The van der Waals surface area contributed by atoms with Crippen molar-refractivity contribution in [1.29, 1.82) is 0 Å². The second-order valence-corrected chi connectivity index (χ2v) is 4.57. The third-order valence-corrected chi connectivity index (χ3v) is 3.63. The molecule has 0 aromatic carbocycles. The summed E-state index contributed by atoms with van der Waals surface area (Å²) in [6.45, 7) is 2.27. The Morgan fingerprint density at radius 1 is 1.21 bits per heavy atom. The lowest BCUT2D eigenvalue weighted by Gasteiger charge is -2.22. The summed E-state index contributed by atoms with van der Waals surface area (Å²) in [4.78, 5) is 0. The summed E-state index contributed by atoms with van der Waals surface area (Å²) >= 11 is 0. The number of aliphatic hydroxyl groups is 1. The van der Waals surface area contributed by atoms with Gasteiger partial charge in [0.15, 0.2) is 0 Å². The Morgan fingerprint density at radius 3 is 2.79 bits per heavy atom. The minimum Gasteiger partial charge on any atom is -0.394 e. The van der Waals surface area contributed by atoms with Crippen LogP contribution in [0.25, 0.3) is 0 Å². The molecule has 0 radical (unpaired) electrons. The molecule has 2 fully saturated rings. The van der Waals surface area contributed by atoms with Crippen LogP contribution in [0.15, 0.2) is 0 Å². The standard InChI is InChI=1S/C11H21NO2/c13-4-6-14-5-3-12-11-8-9-1-2-10(11)7-9/h9-13H,1-8H2/t9-,10-,11+/m1/s1. The van der Waals surface area contributed by atoms with Crippen LogP contribution in [-0.2, 0) is 4.74 Å². The maximum absolute atomic E-state index is 8.52. The van der Waals surface area contributed by atoms with Crippen LogP contribution in [0.4, 0.5) is 0 Å². The fraction of sp³-hybridized carbons (Fsp3) is 1.00. The van der Waals surface area contributed by atoms with E-state index in [0.717, 1.165) is 31.0 Å². The molecule has 0 spiro atoms. The molecule has 3 heteroatoms. The van der Waals surface area contributed by atoms with E-state index in [-0.39, 0.29) is 6.61 Å². The van der Waals surface area contributed by atoms with Gasteiger partial charge in [-0.1, -0.05) is 6.42 Å². The third kappa shape index (κ3) is 2.47. The summed E-state index contributed by atoms with van der Waals surface area (Å²) in [6, 6.07) is 0.756. The van der Waals surface area contributed by atoms with Crippen LogP contribution >= 0.6 is 0 Å². The van der Waals surface area contributed by atoms with Gasteiger partial charge in [0.1, 0.15) is 0 Å². The van der Waals surface area contributed by atoms with Gasteiger partial charge < -0.3 is 15.2 Å². The highest BCUT2D eigenvalue weighted by Gasteiger charge is 2.38. The van der Waals surface area contributed by atoms with Crippen LogP contribution in [0.3, 0.4) is 0 Å². The number of hydrogen-bond acceptors (Lipinski definition) is 3. The summed E-state index contributed by atoms with van der Waals surface area (Å²) in [5.41, 5.74) is 0. The van der Waals surface area contributed by atoms with E-state index in [1.807, 2.05) is 0 Å². The lowest BCUT2D eigenvalue weighted by molar-refractivity contribution is 0.0914. The second-order valence-electron chi connectivity index (χ2n) is 4.57. The van der Waals surface area contributed by atoms with Gasteiger partial charge in [0, 0.05) is 12.6 Å². The fourth-order valence-electron chi connectivity index (χ4n) is 2.98. The van der Waals surface area contributed by atoms with Crippen molar-refractivity contribution < 1.29 is 9.84 Å². The van der Waals surface area contributed by atoms with E-state index in [1.54, 1.807) is 0 Å². The average Bonchev–Trinajstić information content (AvgIpc) is 2.79. The van der Waals surface area contributed by atoms with Crippen molar-refractivity contribution in [1.82, 2.24) is 5.32 Å². The van der Waals surface area contributed by atoms with Gasteiger partial charge in [-0.3, -0.25) is 0 Å². The molecule has 2 saturated carbocycles. The van der Waals surface area contributed by atoms with Crippen molar-refractivity contribution in [3.8, 4) is 0 Å². The molecule has 0 saturated heterocycles. The Bertz CT molecular complexity index is 175. The van der Waals surface area contributed by atoms with E-state index >= 15 is 0 Å². The van der Waals surface area contributed by atoms with Crippen molar-refractivity contribution in [3.05, 3.63) is 0 Å². The van der Waals surface area contributed by atoms with E-state index in [4.69, 9.17) is 9.84 Å². The molecule has 2 aliphatic carbocycles. The van der Waals surface area contributed by atoms with E-state index in [0.29, 0.717) is 6.61 Å². The Balaban J connectivity index is 1.54. The highest BCUT2D eigenvalue weighted by molar-refractivity contribution is 4.93. The van der Waals surface area contributed by atoms with Crippen LogP contribution in [0, 0.1) is 11.8 Å². The molecule has 0 aromatic rings. The molecule has 14 heavy (non-hydrogen) atoms. The quantitative estimate of drug-likeness (QED) is 0.621. The summed E-state index contributed by atoms with van der Waals surface area (Å²) < 4.78 is 5.21. The summed E-state index contributed by atoms with van der Waals surface area (Å²) in [6.07, 6.45) is 5.73. The predicted molar refractivity (Wildman–Crippen MR) is 55.1 cm³/mol. The normalized spacial score (nSPS) is 35.4. The Kier molecular flexibility index (Phi) is 3.79. The maximum Gasteiger partial charge on any atom is 0.0698 e. The van der Waals surface area contributed by atoms with Gasteiger partial charge in [-0.2, -0.15) is 0 Å². The van der Waals surface area contributed by atoms with Crippen LogP contribution in [-0.4, -0.2) is 37.5 Å². The molecule has 0 aromatic heterocycles. The van der Waals surface area contributed by atoms with Gasteiger partial charge in [0.05, 0.1) is 19.8 Å². The van der Waals surface area contributed by atoms with Gasteiger partial charge in [-0.05, 0) is 31.1 Å². The molecule has 3 nitrogen and oxygen atoms in total. The summed E-state index contributed by atoms with van der Waals surface area (Å²) in [5, 5.41) is 12.1. The highest BCUT2D eigenvalue weighted by Crippen LogP contribution is 2.44. The smallest absolute Gasteiger partial charge is 0.0698 e. The molecule has 0 heterocycles. The van der Waals surface area contributed by atoms with Crippen molar-refractivity contribution in [2.75, 3.05) is 26.4 Å². The zero-order chi connectivity index (χ0) is 9.80. The fourth-order valence-corrected chi connectivity index (χ4v) is 2.98. The number of aliphatic hydroxyl groups excluding tert-OH is 1. The molecule has 2 N–H and O–H groups in total. The third-order valence-electron chi connectivity index (χ3n) is 3.63. The molecule has 2 aliphatic rings. The first-order chi connectivity index (χ1) is 6.90. The average molecular weight is 199 g/mol. The topological polar surface area (TPSA) is 41.5 Å². The second kappa shape index (κ2) is 5.10. The van der Waals surface area contributed by atoms with Gasteiger partial charge in [-0.25, -0.2) is 0 Å². The number of nitrogens with one attached hydrogen (secondary N) is 1. The van der Waals surface area contributed by atoms with Crippen LogP contribution in [0.2, 0.25) is 0 Å². The lowest BCUT2D eigenvalue weighted by Crippen LogP contribution is -2.36. The molecule has 3 atom stereocenters.